The van der Waals surface area contributed by atoms with Crippen molar-refractivity contribution in [3.05, 3.63) is 255 Å². The highest BCUT2D eigenvalue weighted by atomic mass is 28.3. The van der Waals surface area contributed by atoms with Crippen LogP contribution in [0.3, 0.4) is 0 Å². The van der Waals surface area contributed by atoms with Crippen LogP contribution < -0.4 is 25.6 Å². The van der Waals surface area contributed by atoms with Crippen molar-refractivity contribution < 1.29 is 0 Å². The van der Waals surface area contributed by atoms with Crippen LogP contribution in [0.25, 0.3) is 60.9 Å². The average Bonchev–Trinajstić information content (AvgIpc) is 3.86. The molecule has 0 atom stereocenters. The van der Waals surface area contributed by atoms with E-state index in [0.29, 0.717) is 0 Å². The fraction of sp³-hybridized carbons (Fsp3) is 0. The maximum atomic E-state index is 2.45. The summed E-state index contributed by atoms with van der Waals surface area (Å²) in [4.78, 5) is 2.42. The summed E-state index contributed by atoms with van der Waals surface area (Å²) in [5.41, 5.74) is 14.4. The molecule has 12 rings (SSSR count). The van der Waals surface area contributed by atoms with E-state index in [-0.39, 0.29) is 0 Å². The molecule has 2 heterocycles. The Morgan fingerprint density at radius 2 is 0.778 bits per heavy atom. The second-order valence-electron chi connectivity index (χ2n) is 16.5. The first-order valence-electron chi connectivity index (χ1n) is 21.8. The maximum Gasteiger partial charge on any atom is 0.180 e. The average molecular weight is 819 g/mol. The van der Waals surface area contributed by atoms with E-state index in [9.17, 15) is 0 Å². The van der Waals surface area contributed by atoms with Crippen molar-refractivity contribution in [2.45, 2.75) is 0 Å². The number of hydrogen-bond acceptors (Lipinski definition) is 1. The minimum atomic E-state index is -2.61. The highest BCUT2D eigenvalue weighted by Crippen LogP contribution is 2.41. The largest absolute Gasteiger partial charge is 0.310 e. The van der Waals surface area contributed by atoms with E-state index in [2.05, 4.69) is 264 Å². The molecule has 3 heteroatoms. The molecule has 0 radical (unpaired) electrons. The van der Waals surface area contributed by atoms with E-state index in [1.54, 1.807) is 0 Å². The van der Waals surface area contributed by atoms with Gasteiger partial charge in [-0.1, -0.05) is 188 Å². The molecule has 11 aromatic rings. The van der Waals surface area contributed by atoms with Gasteiger partial charge < -0.3 is 9.47 Å². The Bertz CT molecular complexity index is 3380. The number of rotatable bonds is 8. The van der Waals surface area contributed by atoms with Crippen LogP contribution in [-0.2, 0) is 0 Å². The van der Waals surface area contributed by atoms with Crippen molar-refractivity contribution in [2.75, 3.05) is 4.90 Å². The van der Waals surface area contributed by atoms with Crippen LogP contribution in [0.1, 0.15) is 0 Å². The summed E-state index contributed by atoms with van der Waals surface area (Å²) >= 11 is 0. The predicted octanol–water partition coefficient (Wildman–Crippen LogP) is 12.9. The molecular weight excluding hydrogens is 777 g/mol. The van der Waals surface area contributed by atoms with Gasteiger partial charge in [0.2, 0.25) is 0 Å². The van der Waals surface area contributed by atoms with Gasteiger partial charge in [-0.3, -0.25) is 0 Å². The van der Waals surface area contributed by atoms with Gasteiger partial charge in [0.15, 0.2) is 8.07 Å². The third kappa shape index (κ3) is 6.00. The van der Waals surface area contributed by atoms with Crippen LogP contribution >= 0.6 is 0 Å². The first-order chi connectivity index (χ1) is 31.3. The summed E-state index contributed by atoms with van der Waals surface area (Å²) in [6.45, 7) is 0. The number of para-hydroxylation sites is 2. The summed E-state index contributed by atoms with van der Waals surface area (Å²) in [5.74, 6) is 0. The number of hydrogen-bond donors (Lipinski definition) is 0. The minimum Gasteiger partial charge on any atom is -0.310 e. The zero-order valence-electron chi connectivity index (χ0n) is 34.6. The van der Waals surface area contributed by atoms with E-state index in [1.165, 1.54) is 81.6 Å². The lowest BCUT2D eigenvalue weighted by atomic mass is 10.0. The second kappa shape index (κ2) is 15.2. The number of anilines is 3. The van der Waals surface area contributed by atoms with E-state index in [4.69, 9.17) is 0 Å². The normalized spacial score (nSPS) is 12.6. The van der Waals surface area contributed by atoms with Crippen LogP contribution in [0.2, 0.25) is 0 Å². The van der Waals surface area contributed by atoms with E-state index in [0.717, 1.165) is 17.1 Å². The lowest BCUT2D eigenvalue weighted by Crippen LogP contribution is -2.72. The SMILES string of the molecule is c1ccc(-c2ccc(N(c3ccc(-c4ccc5c(c4)c4ccccc4n5-c4ccccc4)cc3)c3ccc4c(c3)-c3ccccc3[Si]4(c3ccccc3)c3ccccc3)cc2)cc1. The molecule has 2 nitrogen and oxygen atoms in total. The molecule has 0 bridgehead atoms. The zero-order valence-corrected chi connectivity index (χ0v) is 35.6. The van der Waals surface area contributed by atoms with Crippen molar-refractivity contribution in [1.29, 1.82) is 0 Å². The number of aromatic nitrogens is 1. The van der Waals surface area contributed by atoms with Crippen molar-refractivity contribution >= 4 is 67.7 Å². The van der Waals surface area contributed by atoms with E-state index in [1.807, 2.05) is 0 Å². The van der Waals surface area contributed by atoms with E-state index < -0.39 is 8.07 Å². The summed E-state index contributed by atoms with van der Waals surface area (Å²) in [7, 11) is -2.61. The topological polar surface area (TPSA) is 8.17 Å². The van der Waals surface area contributed by atoms with Gasteiger partial charge in [-0.05, 0) is 121 Å². The maximum absolute atomic E-state index is 2.61. The quantitative estimate of drug-likeness (QED) is 0.139. The standard InChI is InChI=1S/C60H42N2Si/c1-5-17-43(18-6-1)44-29-34-48(35-30-44)61(49-36-31-45(32-37-49)46-33-39-58-55(41-46)53-25-13-15-27-57(53)62(58)47-19-7-2-8-20-47)50-38-40-60-56(42-50)54-26-14-16-28-59(54)63(60,51-21-9-3-10-22-51)52-23-11-4-12-24-52/h1-42H. The molecule has 1 aromatic heterocycles. The molecule has 0 saturated carbocycles. The Labute approximate surface area is 369 Å². The van der Waals surface area contributed by atoms with Crippen molar-refractivity contribution in [3.8, 4) is 39.1 Å². The molecule has 0 saturated heterocycles. The Morgan fingerprint density at radius 3 is 1.44 bits per heavy atom. The Balaban J connectivity index is 0.999. The third-order valence-electron chi connectivity index (χ3n) is 13.1. The number of fused-ring (bicyclic) bond motifs is 6. The molecule has 0 fully saturated rings. The lowest BCUT2D eigenvalue weighted by Gasteiger charge is -2.32. The molecule has 0 spiro atoms. The molecule has 0 unspecified atom stereocenters. The lowest BCUT2D eigenvalue weighted by molar-refractivity contribution is 1.18. The first kappa shape index (κ1) is 36.8. The van der Waals surface area contributed by atoms with Gasteiger partial charge in [0, 0.05) is 33.5 Å². The molecule has 10 aromatic carbocycles. The van der Waals surface area contributed by atoms with Gasteiger partial charge in [0.05, 0.1) is 11.0 Å². The van der Waals surface area contributed by atoms with Gasteiger partial charge in [0.1, 0.15) is 0 Å². The highest BCUT2D eigenvalue weighted by Gasteiger charge is 2.48. The zero-order chi connectivity index (χ0) is 41.7. The molecule has 1 aliphatic rings. The molecule has 296 valence electrons. The van der Waals surface area contributed by atoms with E-state index >= 15 is 0 Å². The van der Waals surface area contributed by atoms with Crippen LogP contribution in [-0.4, -0.2) is 12.6 Å². The Morgan fingerprint density at radius 1 is 0.302 bits per heavy atom. The molecule has 0 amide bonds. The van der Waals surface area contributed by atoms with Crippen LogP contribution in [0.5, 0.6) is 0 Å². The number of benzene rings is 10. The van der Waals surface area contributed by atoms with Crippen LogP contribution in [0, 0.1) is 0 Å². The van der Waals surface area contributed by atoms with Gasteiger partial charge in [-0.2, -0.15) is 0 Å². The van der Waals surface area contributed by atoms with Crippen LogP contribution in [0.15, 0.2) is 255 Å². The number of nitrogens with zero attached hydrogens (tertiary/aromatic N) is 2. The molecular formula is C60H42N2Si. The second-order valence-corrected chi connectivity index (χ2v) is 20.2. The Kier molecular flexibility index (Phi) is 8.87. The van der Waals surface area contributed by atoms with Gasteiger partial charge in [-0.15, -0.1) is 0 Å². The summed E-state index contributed by atoms with van der Waals surface area (Å²) in [6, 6.07) is 94.0. The third-order valence-corrected chi connectivity index (χ3v) is 18.0. The molecule has 1 aliphatic heterocycles. The summed E-state index contributed by atoms with van der Waals surface area (Å²) < 4.78 is 2.37. The van der Waals surface area contributed by atoms with Crippen molar-refractivity contribution in [2.24, 2.45) is 0 Å². The molecule has 0 aliphatic carbocycles. The fourth-order valence-electron chi connectivity index (χ4n) is 10.3. The fourth-order valence-corrected chi connectivity index (χ4v) is 15.4. The monoisotopic (exact) mass is 818 g/mol. The Hall–Kier alpha value is -7.98. The summed E-state index contributed by atoms with van der Waals surface area (Å²) in [6.07, 6.45) is 0. The minimum absolute atomic E-state index is 1.11. The van der Waals surface area contributed by atoms with Gasteiger partial charge in [0.25, 0.3) is 0 Å². The van der Waals surface area contributed by atoms with Crippen molar-refractivity contribution in [3.63, 3.8) is 0 Å². The smallest absolute Gasteiger partial charge is 0.180 e. The highest BCUT2D eigenvalue weighted by molar-refractivity contribution is 7.22. The van der Waals surface area contributed by atoms with Gasteiger partial charge in [-0.25, -0.2) is 0 Å². The van der Waals surface area contributed by atoms with Crippen molar-refractivity contribution in [1.82, 2.24) is 4.57 Å². The van der Waals surface area contributed by atoms with Crippen LogP contribution in [0.4, 0.5) is 17.1 Å². The predicted molar refractivity (Wildman–Crippen MR) is 269 cm³/mol. The molecule has 0 N–H and O–H groups in total. The summed E-state index contributed by atoms with van der Waals surface area (Å²) in [5, 5.41) is 8.19. The van der Waals surface area contributed by atoms with Gasteiger partial charge >= 0.3 is 0 Å². The first-order valence-corrected chi connectivity index (χ1v) is 23.8. The molecule has 63 heavy (non-hydrogen) atoms.